The summed E-state index contributed by atoms with van der Waals surface area (Å²) in [6, 6.07) is 2.77. The van der Waals surface area contributed by atoms with Crippen molar-refractivity contribution in [3.8, 4) is 11.1 Å². The molecule has 1 spiro atoms. The molecule has 12 heteroatoms. The smallest absolute Gasteiger partial charge is 0.341 e. The molecule has 7 rings (SSSR count). The third-order valence-electron chi connectivity index (χ3n) is 8.77. The average molecular weight is 560 g/mol. The standard InChI is InChI=1S/C29H27F2N7O3/c1-33-18-7-17(30)22(31)20-21-24(38-5-3-4-29(12-38)8-19(29)32)15(10-34-26(21)36-23(18)20)13-6-14-25(39)16(28(40)41)11-37(2)27(14)35-9-13/h6-7,9-11,19,33H,3-5,8,12,32H2,1-2H3,(H,34,36)(H,40,41)/t19?,29-/m1/s1. The van der Waals surface area contributed by atoms with E-state index in [1.54, 1.807) is 32.6 Å². The summed E-state index contributed by atoms with van der Waals surface area (Å²) in [5.41, 5.74) is 8.47. The van der Waals surface area contributed by atoms with E-state index in [0.29, 0.717) is 57.8 Å². The van der Waals surface area contributed by atoms with Gasteiger partial charge in [-0.2, -0.15) is 0 Å². The van der Waals surface area contributed by atoms with Gasteiger partial charge in [0.25, 0.3) is 0 Å². The van der Waals surface area contributed by atoms with Gasteiger partial charge < -0.3 is 30.6 Å². The zero-order chi connectivity index (χ0) is 28.8. The molecule has 4 aromatic heterocycles. The summed E-state index contributed by atoms with van der Waals surface area (Å²) in [5, 5.41) is 13.1. The number of carboxylic acids is 1. The van der Waals surface area contributed by atoms with E-state index in [1.165, 1.54) is 10.8 Å². The average Bonchev–Trinajstić information content (AvgIpc) is 3.38. The Bertz CT molecular complexity index is 2000. The van der Waals surface area contributed by atoms with Crippen molar-refractivity contribution in [3.05, 3.63) is 58.1 Å². The van der Waals surface area contributed by atoms with Crippen molar-refractivity contribution in [3.63, 3.8) is 0 Å². The van der Waals surface area contributed by atoms with E-state index < -0.39 is 23.0 Å². The quantitative estimate of drug-likeness (QED) is 0.259. The Labute approximate surface area is 231 Å². The Hall–Kier alpha value is -4.58. The minimum Gasteiger partial charge on any atom is -0.477 e. The largest absolute Gasteiger partial charge is 0.477 e. The van der Waals surface area contributed by atoms with Crippen molar-refractivity contribution in [1.82, 2.24) is 19.5 Å². The second-order valence-electron chi connectivity index (χ2n) is 11.2. The Morgan fingerprint density at radius 2 is 2.02 bits per heavy atom. The first-order chi connectivity index (χ1) is 19.6. The van der Waals surface area contributed by atoms with Crippen LogP contribution in [0.3, 0.4) is 0 Å². The van der Waals surface area contributed by atoms with Gasteiger partial charge in [-0.15, -0.1) is 0 Å². The molecule has 2 atom stereocenters. The molecule has 1 aliphatic carbocycles. The number of H-pyrrole nitrogens is 1. The number of aromatic nitrogens is 4. The number of nitrogens with one attached hydrogen (secondary N) is 2. The summed E-state index contributed by atoms with van der Waals surface area (Å²) in [6.45, 7) is 1.30. The number of rotatable bonds is 4. The molecule has 1 unspecified atom stereocenters. The summed E-state index contributed by atoms with van der Waals surface area (Å²) in [4.78, 5) is 39.3. The number of piperidine rings is 1. The van der Waals surface area contributed by atoms with Crippen LogP contribution in [0.25, 0.3) is 44.1 Å². The van der Waals surface area contributed by atoms with E-state index in [0.717, 1.165) is 25.3 Å². The lowest BCUT2D eigenvalue weighted by atomic mass is 9.92. The summed E-state index contributed by atoms with van der Waals surface area (Å²) in [5.74, 6) is -3.31. The lowest BCUT2D eigenvalue weighted by Gasteiger charge is -2.36. The molecule has 0 bridgehead atoms. The SMILES string of the molecule is CNc1cc(F)c(F)c2c1[nH]c1ncc(-c3cnc4c(c3)c(=O)c(C(=O)O)cn4C)c(N3CCC[C@@]4(CC4N)C3)c12. The topological polar surface area (TPSA) is 142 Å². The molecule has 5 heterocycles. The predicted octanol–water partition coefficient (Wildman–Crippen LogP) is 3.97. The van der Waals surface area contributed by atoms with Crippen molar-refractivity contribution in [1.29, 1.82) is 0 Å². The van der Waals surface area contributed by atoms with Gasteiger partial charge in [0.1, 0.15) is 16.9 Å². The van der Waals surface area contributed by atoms with Crippen LogP contribution < -0.4 is 21.4 Å². The van der Waals surface area contributed by atoms with E-state index in [9.17, 15) is 19.1 Å². The number of hydrogen-bond acceptors (Lipinski definition) is 7. The number of halogens is 2. The molecule has 41 heavy (non-hydrogen) atoms. The van der Waals surface area contributed by atoms with Crippen LogP contribution in [0.2, 0.25) is 0 Å². The molecule has 10 nitrogen and oxygen atoms in total. The monoisotopic (exact) mass is 559 g/mol. The lowest BCUT2D eigenvalue weighted by Crippen LogP contribution is -2.39. The molecule has 2 fully saturated rings. The number of hydrogen-bond donors (Lipinski definition) is 4. The highest BCUT2D eigenvalue weighted by atomic mass is 19.2. The van der Waals surface area contributed by atoms with Crippen LogP contribution in [-0.4, -0.2) is 56.8 Å². The third kappa shape index (κ3) is 3.63. The van der Waals surface area contributed by atoms with Crippen molar-refractivity contribution >= 4 is 50.3 Å². The van der Waals surface area contributed by atoms with E-state index in [-0.39, 0.29) is 27.8 Å². The number of aryl methyl sites for hydroxylation is 1. The third-order valence-corrected chi connectivity index (χ3v) is 8.77. The van der Waals surface area contributed by atoms with Crippen LogP contribution in [0.5, 0.6) is 0 Å². The Morgan fingerprint density at radius 3 is 2.73 bits per heavy atom. The fraction of sp³-hybridized carbons (Fsp3) is 0.310. The van der Waals surface area contributed by atoms with Gasteiger partial charge in [-0.25, -0.2) is 23.5 Å². The van der Waals surface area contributed by atoms with Crippen LogP contribution in [0.4, 0.5) is 20.2 Å². The number of carbonyl (C=O) groups is 1. The second-order valence-corrected chi connectivity index (χ2v) is 11.2. The maximum Gasteiger partial charge on any atom is 0.341 e. The Balaban J connectivity index is 1.56. The van der Waals surface area contributed by atoms with E-state index in [4.69, 9.17) is 5.73 Å². The van der Waals surface area contributed by atoms with Gasteiger partial charge >= 0.3 is 5.97 Å². The first kappa shape index (κ1) is 25.4. The minimum atomic E-state index is -1.34. The van der Waals surface area contributed by atoms with Crippen molar-refractivity contribution < 1.29 is 18.7 Å². The Kier molecular flexibility index (Phi) is 5.39. The fourth-order valence-electron chi connectivity index (χ4n) is 6.54. The number of fused-ring (bicyclic) bond motifs is 4. The highest BCUT2D eigenvalue weighted by Crippen LogP contribution is 2.53. The van der Waals surface area contributed by atoms with Crippen molar-refractivity contribution in [2.45, 2.75) is 25.3 Å². The fourth-order valence-corrected chi connectivity index (χ4v) is 6.54. The molecule has 0 radical (unpaired) electrons. The molecule has 5 aromatic rings. The van der Waals surface area contributed by atoms with Gasteiger partial charge in [-0.1, -0.05) is 0 Å². The first-order valence-corrected chi connectivity index (χ1v) is 13.4. The van der Waals surface area contributed by atoms with Gasteiger partial charge in [0.15, 0.2) is 11.6 Å². The van der Waals surface area contributed by atoms with Gasteiger partial charge in [0, 0.05) is 74.4 Å². The Morgan fingerprint density at radius 1 is 1.24 bits per heavy atom. The van der Waals surface area contributed by atoms with Crippen LogP contribution in [0.15, 0.2) is 35.5 Å². The zero-order valence-corrected chi connectivity index (χ0v) is 22.4. The maximum absolute atomic E-state index is 15.6. The molecule has 1 aromatic carbocycles. The predicted molar refractivity (Wildman–Crippen MR) is 152 cm³/mol. The molecule has 0 amide bonds. The van der Waals surface area contributed by atoms with Crippen LogP contribution in [0, 0.1) is 17.0 Å². The summed E-state index contributed by atoms with van der Waals surface area (Å²) in [6.07, 6.45) is 7.20. The molecule has 1 saturated heterocycles. The number of benzene rings is 1. The summed E-state index contributed by atoms with van der Waals surface area (Å²) >= 11 is 0. The van der Waals surface area contributed by atoms with Crippen LogP contribution in [-0.2, 0) is 7.05 Å². The highest BCUT2D eigenvalue weighted by Gasteiger charge is 2.54. The van der Waals surface area contributed by atoms with Crippen molar-refractivity contribution in [2.75, 3.05) is 30.4 Å². The van der Waals surface area contributed by atoms with Gasteiger partial charge in [-0.3, -0.25) is 4.79 Å². The second kappa shape index (κ2) is 8.71. The highest BCUT2D eigenvalue weighted by molar-refractivity contribution is 6.18. The van der Waals surface area contributed by atoms with Crippen molar-refractivity contribution in [2.24, 2.45) is 18.2 Å². The summed E-state index contributed by atoms with van der Waals surface area (Å²) in [7, 11) is 3.25. The minimum absolute atomic E-state index is 0.0505. The number of nitrogens with zero attached hydrogens (tertiary/aromatic N) is 4. The van der Waals surface area contributed by atoms with E-state index in [1.807, 2.05) is 0 Å². The number of carboxylic acid groups (broad SMARTS) is 1. The molecular weight excluding hydrogens is 532 g/mol. The normalized spacial score (nSPS) is 20.4. The van der Waals surface area contributed by atoms with E-state index >= 15 is 4.39 Å². The van der Waals surface area contributed by atoms with Gasteiger partial charge in [-0.05, 0) is 25.3 Å². The van der Waals surface area contributed by atoms with Crippen LogP contribution >= 0.6 is 0 Å². The maximum atomic E-state index is 15.6. The molecule has 2 aliphatic rings. The molecule has 5 N–H and O–H groups in total. The molecule has 210 valence electrons. The number of aromatic carboxylic acids is 1. The number of aromatic amines is 1. The first-order valence-electron chi connectivity index (χ1n) is 13.4. The van der Waals surface area contributed by atoms with Crippen LogP contribution in [0.1, 0.15) is 29.6 Å². The van der Waals surface area contributed by atoms with Gasteiger partial charge in [0.05, 0.1) is 33.1 Å². The number of nitrogens with two attached hydrogens (primary N) is 1. The number of anilines is 2. The lowest BCUT2D eigenvalue weighted by molar-refractivity contribution is 0.0695. The molecule has 1 aliphatic heterocycles. The van der Waals surface area contributed by atoms with E-state index in [2.05, 4.69) is 25.2 Å². The molecular formula is C29H27F2N7O3. The van der Waals surface area contributed by atoms with Gasteiger partial charge in [0.2, 0.25) is 5.43 Å². The zero-order valence-electron chi connectivity index (χ0n) is 22.4. The number of pyridine rings is 3. The molecule has 1 saturated carbocycles. The summed E-state index contributed by atoms with van der Waals surface area (Å²) < 4.78 is 32.0.